The smallest absolute Gasteiger partial charge is 0.152 e. The van der Waals surface area contributed by atoms with Crippen LogP contribution in [0.4, 0.5) is 23.1 Å². The summed E-state index contributed by atoms with van der Waals surface area (Å²) in [6.45, 7) is 1.79. The quantitative estimate of drug-likeness (QED) is 0.775. The zero-order chi connectivity index (χ0) is 13.8. The van der Waals surface area contributed by atoms with E-state index in [1.165, 1.54) is 0 Å². The summed E-state index contributed by atoms with van der Waals surface area (Å²) >= 11 is 0. The maximum atomic E-state index is 9.24. The van der Waals surface area contributed by atoms with Crippen LogP contribution in [0.3, 0.4) is 0 Å². The average molecular weight is 254 g/mol. The van der Waals surface area contributed by atoms with Gasteiger partial charge in [-0.2, -0.15) is 5.26 Å². The van der Waals surface area contributed by atoms with Gasteiger partial charge in [0, 0.05) is 13.2 Å². The summed E-state index contributed by atoms with van der Waals surface area (Å²) < 4.78 is 0. The fourth-order valence-electron chi connectivity index (χ4n) is 1.69. The van der Waals surface area contributed by atoms with Crippen molar-refractivity contribution < 1.29 is 0 Å². The second kappa shape index (κ2) is 5.23. The van der Waals surface area contributed by atoms with E-state index in [4.69, 9.17) is 5.73 Å². The molecule has 0 bridgehead atoms. The topological polar surface area (TPSA) is 99.6 Å². The zero-order valence-corrected chi connectivity index (χ0v) is 10.7. The molecule has 2 heterocycles. The molecule has 0 saturated heterocycles. The lowest BCUT2D eigenvalue weighted by Crippen LogP contribution is -2.07. The van der Waals surface area contributed by atoms with Gasteiger partial charge in [-0.05, 0) is 24.6 Å². The van der Waals surface area contributed by atoms with Crippen molar-refractivity contribution in [3.8, 4) is 6.07 Å². The number of hydrogen-bond donors (Lipinski definition) is 3. The van der Waals surface area contributed by atoms with Crippen molar-refractivity contribution in [1.82, 2.24) is 9.97 Å². The van der Waals surface area contributed by atoms with E-state index in [9.17, 15) is 5.26 Å². The highest BCUT2D eigenvalue weighted by atomic mass is 15.1. The molecule has 0 spiro atoms. The monoisotopic (exact) mass is 254 g/mol. The molecule has 2 rings (SSSR count). The van der Waals surface area contributed by atoms with Crippen LogP contribution in [-0.2, 0) is 0 Å². The Morgan fingerprint density at radius 2 is 2.11 bits per heavy atom. The lowest BCUT2D eigenvalue weighted by atomic mass is 10.1. The van der Waals surface area contributed by atoms with Crippen molar-refractivity contribution in [2.45, 2.75) is 6.92 Å². The van der Waals surface area contributed by atoms with E-state index in [2.05, 4.69) is 26.7 Å². The van der Waals surface area contributed by atoms with E-state index in [0.29, 0.717) is 34.3 Å². The average Bonchev–Trinajstić information content (AvgIpc) is 2.44. The summed E-state index contributed by atoms with van der Waals surface area (Å²) in [6, 6.07) is 7.58. The maximum Gasteiger partial charge on any atom is 0.152 e. The summed E-state index contributed by atoms with van der Waals surface area (Å²) in [7, 11) is 1.73. The van der Waals surface area contributed by atoms with Crippen LogP contribution in [0, 0.1) is 18.3 Å². The number of nitrogens with two attached hydrogens (primary N) is 1. The van der Waals surface area contributed by atoms with Crippen molar-refractivity contribution in [2.75, 3.05) is 23.4 Å². The molecule has 2 aromatic heterocycles. The Labute approximate surface area is 111 Å². The maximum absolute atomic E-state index is 9.24. The largest absolute Gasteiger partial charge is 0.395 e. The molecule has 0 aromatic carbocycles. The fraction of sp³-hybridized carbons (Fsp3) is 0.154. The van der Waals surface area contributed by atoms with E-state index < -0.39 is 0 Å². The normalized spacial score (nSPS) is 9.74. The number of rotatable bonds is 3. The highest BCUT2D eigenvalue weighted by Crippen LogP contribution is 2.29. The van der Waals surface area contributed by atoms with E-state index in [-0.39, 0.29) is 0 Å². The third-order valence-corrected chi connectivity index (χ3v) is 2.75. The molecular formula is C13H14N6. The first-order chi connectivity index (χ1) is 9.17. The van der Waals surface area contributed by atoms with Crippen molar-refractivity contribution in [2.24, 2.45) is 0 Å². The van der Waals surface area contributed by atoms with Crippen molar-refractivity contribution in [3.05, 3.63) is 35.5 Å². The molecule has 0 amide bonds. The summed E-state index contributed by atoms with van der Waals surface area (Å²) in [6.07, 6.45) is 1.66. The van der Waals surface area contributed by atoms with Crippen molar-refractivity contribution in [3.63, 3.8) is 0 Å². The molecule has 0 aliphatic rings. The number of nitrogen functional groups attached to an aromatic ring is 1. The van der Waals surface area contributed by atoms with Gasteiger partial charge in [0.1, 0.15) is 11.9 Å². The van der Waals surface area contributed by atoms with Gasteiger partial charge in [0.15, 0.2) is 11.6 Å². The lowest BCUT2D eigenvalue weighted by molar-refractivity contribution is 1.21. The van der Waals surface area contributed by atoms with Gasteiger partial charge < -0.3 is 16.4 Å². The first-order valence-electron chi connectivity index (χ1n) is 5.73. The Hall–Kier alpha value is -2.81. The van der Waals surface area contributed by atoms with Gasteiger partial charge in [-0.1, -0.05) is 6.07 Å². The van der Waals surface area contributed by atoms with Gasteiger partial charge in [-0.3, -0.25) is 0 Å². The Morgan fingerprint density at radius 1 is 1.32 bits per heavy atom. The van der Waals surface area contributed by atoms with Gasteiger partial charge in [-0.15, -0.1) is 0 Å². The Morgan fingerprint density at radius 3 is 2.68 bits per heavy atom. The molecule has 96 valence electrons. The summed E-state index contributed by atoms with van der Waals surface area (Å²) in [5, 5.41) is 15.2. The first-order valence-corrected chi connectivity index (χ1v) is 5.73. The third-order valence-electron chi connectivity index (χ3n) is 2.75. The molecule has 2 aromatic rings. The molecule has 6 heteroatoms. The summed E-state index contributed by atoms with van der Waals surface area (Å²) in [5.74, 6) is 1.60. The van der Waals surface area contributed by atoms with Crippen molar-refractivity contribution in [1.29, 1.82) is 5.26 Å². The second-order valence-electron chi connectivity index (χ2n) is 3.92. The standard InChI is InChI=1S/C13H14N6/c1-8-9(7-14)12(19-13(16-2)11(8)15)18-10-5-3-4-6-17-10/h3-6H,15H2,1-2H3,(H2,16,17,18,19). The van der Waals surface area contributed by atoms with E-state index in [0.717, 1.165) is 0 Å². The molecule has 0 radical (unpaired) electrons. The van der Waals surface area contributed by atoms with Crippen LogP contribution in [0.1, 0.15) is 11.1 Å². The zero-order valence-electron chi connectivity index (χ0n) is 10.7. The Balaban J connectivity index is 2.51. The molecule has 0 atom stereocenters. The van der Waals surface area contributed by atoms with Crippen LogP contribution < -0.4 is 16.4 Å². The molecule has 0 aliphatic heterocycles. The molecule has 0 unspecified atom stereocenters. The number of anilines is 4. The number of aromatic nitrogens is 2. The van der Waals surface area contributed by atoms with Crippen LogP contribution in [0.25, 0.3) is 0 Å². The number of pyridine rings is 2. The Bertz CT molecular complexity index is 630. The SMILES string of the molecule is CNc1nc(Nc2ccccn2)c(C#N)c(C)c1N. The summed E-state index contributed by atoms with van der Waals surface area (Å²) in [5.41, 5.74) is 7.50. The second-order valence-corrected chi connectivity index (χ2v) is 3.92. The molecule has 0 fully saturated rings. The van der Waals surface area contributed by atoms with Gasteiger partial charge in [0.25, 0.3) is 0 Å². The third kappa shape index (κ3) is 2.40. The molecule has 0 aliphatic carbocycles. The van der Waals surface area contributed by atoms with E-state index in [1.54, 1.807) is 26.2 Å². The van der Waals surface area contributed by atoms with Gasteiger partial charge in [0.2, 0.25) is 0 Å². The van der Waals surface area contributed by atoms with Crippen LogP contribution in [0.2, 0.25) is 0 Å². The highest BCUT2D eigenvalue weighted by molar-refractivity contribution is 5.76. The lowest BCUT2D eigenvalue weighted by Gasteiger charge is -2.13. The van der Waals surface area contributed by atoms with Crippen molar-refractivity contribution >= 4 is 23.1 Å². The number of nitrogens with zero attached hydrogens (tertiary/aromatic N) is 3. The molecule has 6 nitrogen and oxygen atoms in total. The van der Waals surface area contributed by atoms with E-state index >= 15 is 0 Å². The minimum atomic E-state index is 0.419. The predicted molar refractivity (Wildman–Crippen MR) is 75.2 cm³/mol. The van der Waals surface area contributed by atoms with Gasteiger partial charge >= 0.3 is 0 Å². The molecule has 19 heavy (non-hydrogen) atoms. The highest BCUT2D eigenvalue weighted by Gasteiger charge is 2.14. The molecule has 4 N–H and O–H groups in total. The number of nitriles is 1. The minimum absolute atomic E-state index is 0.419. The van der Waals surface area contributed by atoms with Crippen LogP contribution in [-0.4, -0.2) is 17.0 Å². The van der Waals surface area contributed by atoms with E-state index in [1.807, 2.05) is 12.1 Å². The van der Waals surface area contributed by atoms with Crippen LogP contribution in [0.15, 0.2) is 24.4 Å². The first kappa shape index (κ1) is 12.6. The number of hydrogen-bond acceptors (Lipinski definition) is 6. The van der Waals surface area contributed by atoms with Crippen LogP contribution in [0.5, 0.6) is 0 Å². The minimum Gasteiger partial charge on any atom is -0.395 e. The molecule has 0 saturated carbocycles. The van der Waals surface area contributed by atoms with Crippen LogP contribution >= 0.6 is 0 Å². The fourth-order valence-corrected chi connectivity index (χ4v) is 1.69. The summed E-state index contributed by atoms with van der Waals surface area (Å²) in [4.78, 5) is 8.45. The number of nitrogens with one attached hydrogen (secondary N) is 2. The Kier molecular flexibility index (Phi) is 3.48. The predicted octanol–water partition coefficient (Wildman–Crippen LogP) is 2.02. The van der Waals surface area contributed by atoms with Gasteiger partial charge in [-0.25, -0.2) is 9.97 Å². The van der Waals surface area contributed by atoms with Gasteiger partial charge in [0.05, 0.1) is 11.3 Å². The molecular weight excluding hydrogens is 240 g/mol.